The third-order valence-corrected chi connectivity index (χ3v) is 4.00. The normalized spacial score (nSPS) is 10.0. The second kappa shape index (κ2) is 8.29. The summed E-state index contributed by atoms with van der Waals surface area (Å²) in [6.07, 6.45) is 0. The van der Waals surface area contributed by atoms with Crippen LogP contribution < -0.4 is 16.6 Å². The molecule has 0 radical (unpaired) electrons. The molecule has 0 atom stereocenters. The number of carbonyl (C=O) groups is 3. The quantitative estimate of drug-likeness (QED) is 0.409. The number of carbonyl (C=O) groups excluding carboxylic acids is 3. The molecule has 0 fully saturated rings. The topological polar surface area (TPSA) is 111 Å². The molecule has 0 saturated heterocycles. The molecule has 0 aromatic heterocycles. The van der Waals surface area contributed by atoms with E-state index in [2.05, 4.69) is 26.8 Å². The van der Waals surface area contributed by atoms with E-state index in [-0.39, 0.29) is 5.56 Å². The first-order chi connectivity index (χ1) is 11.9. The Morgan fingerprint density at radius 1 is 1.04 bits per heavy atom. The minimum atomic E-state index is -0.714. The second-order valence-electron chi connectivity index (χ2n) is 5.09. The molecule has 4 N–H and O–H groups in total. The molecule has 8 heteroatoms. The first-order valence-electron chi connectivity index (χ1n) is 7.26. The number of anilines is 1. The predicted octanol–water partition coefficient (Wildman–Crippen LogP) is 1.96. The number of hydrogen-bond donors (Lipinski definition) is 3. The zero-order valence-electron chi connectivity index (χ0n) is 13.3. The van der Waals surface area contributed by atoms with E-state index < -0.39 is 24.4 Å². The molecule has 2 amide bonds. The van der Waals surface area contributed by atoms with Crippen molar-refractivity contribution >= 4 is 39.4 Å². The molecule has 25 heavy (non-hydrogen) atoms. The van der Waals surface area contributed by atoms with Crippen molar-refractivity contribution in [2.45, 2.75) is 6.92 Å². The molecule has 0 heterocycles. The minimum Gasteiger partial charge on any atom is -0.452 e. The number of rotatable bonds is 4. The summed E-state index contributed by atoms with van der Waals surface area (Å²) in [6.45, 7) is 1.21. The van der Waals surface area contributed by atoms with E-state index in [1.54, 1.807) is 43.3 Å². The first-order valence-corrected chi connectivity index (χ1v) is 8.05. The lowest BCUT2D eigenvalue weighted by molar-refractivity contribution is -0.125. The number of esters is 1. The highest BCUT2D eigenvalue weighted by Crippen LogP contribution is 2.17. The third-order valence-electron chi connectivity index (χ3n) is 3.31. The van der Waals surface area contributed by atoms with Crippen LogP contribution in [0.2, 0.25) is 0 Å². The van der Waals surface area contributed by atoms with E-state index in [1.807, 2.05) is 0 Å². The van der Waals surface area contributed by atoms with Crippen molar-refractivity contribution in [1.29, 1.82) is 0 Å². The highest BCUT2D eigenvalue weighted by molar-refractivity contribution is 9.10. The van der Waals surface area contributed by atoms with E-state index in [1.165, 1.54) is 6.07 Å². The number of nitrogen functional groups attached to an aromatic ring is 1. The van der Waals surface area contributed by atoms with E-state index in [0.717, 1.165) is 5.56 Å². The van der Waals surface area contributed by atoms with Gasteiger partial charge in [-0.2, -0.15) is 0 Å². The fourth-order valence-electron chi connectivity index (χ4n) is 1.94. The van der Waals surface area contributed by atoms with Gasteiger partial charge >= 0.3 is 5.97 Å². The van der Waals surface area contributed by atoms with Gasteiger partial charge in [0.25, 0.3) is 11.8 Å². The van der Waals surface area contributed by atoms with Gasteiger partial charge in [-0.3, -0.25) is 20.4 Å². The van der Waals surface area contributed by atoms with Gasteiger partial charge in [-0.15, -0.1) is 0 Å². The fraction of sp³-hybridized carbons (Fsp3) is 0.118. The number of nitrogens with two attached hydrogens (primary N) is 1. The number of hydrazine groups is 1. The highest BCUT2D eigenvalue weighted by Gasteiger charge is 2.15. The van der Waals surface area contributed by atoms with Crippen LogP contribution in [0.3, 0.4) is 0 Å². The molecule has 0 saturated carbocycles. The number of para-hydroxylation sites is 1. The summed E-state index contributed by atoms with van der Waals surface area (Å²) in [5, 5.41) is 0. The molecule has 0 spiro atoms. The molecule has 7 nitrogen and oxygen atoms in total. The minimum absolute atomic E-state index is 0.185. The van der Waals surface area contributed by atoms with Gasteiger partial charge in [0, 0.05) is 10.2 Å². The summed E-state index contributed by atoms with van der Waals surface area (Å²) in [5.41, 5.74) is 11.8. The van der Waals surface area contributed by atoms with Crippen LogP contribution in [-0.4, -0.2) is 24.4 Å². The van der Waals surface area contributed by atoms with Gasteiger partial charge in [-0.25, -0.2) is 4.79 Å². The lowest BCUT2D eigenvalue weighted by Gasteiger charge is -2.10. The Kier molecular flexibility index (Phi) is 6.13. The second-order valence-corrected chi connectivity index (χ2v) is 5.95. The monoisotopic (exact) mass is 405 g/mol. The number of amides is 2. The number of nitrogens with one attached hydrogen (secondary N) is 2. The van der Waals surface area contributed by atoms with E-state index >= 15 is 0 Å². The SMILES string of the molecule is Cc1cccc(C(=O)OCC(=O)NNC(=O)c2ccccc2Br)c1N. The first kappa shape index (κ1) is 18.5. The molecular formula is C17H16BrN3O4. The van der Waals surface area contributed by atoms with Crippen LogP contribution in [0.4, 0.5) is 5.69 Å². The Morgan fingerprint density at radius 2 is 1.72 bits per heavy atom. The maximum absolute atomic E-state index is 12.0. The third kappa shape index (κ3) is 4.80. The predicted molar refractivity (Wildman–Crippen MR) is 95.6 cm³/mol. The fourth-order valence-corrected chi connectivity index (χ4v) is 2.41. The van der Waals surface area contributed by atoms with Crippen LogP contribution >= 0.6 is 15.9 Å². The van der Waals surface area contributed by atoms with Crippen molar-refractivity contribution in [2.24, 2.45) is 0 Å². The highest BCUT2D eigenvalue weighted by atomic mass is 79.9. The molecule has 130 valence electrons. The average molecular weight is 406 g/mol. The summed E-state index contributed by atoms with van der Waals surface area (Å²) in [4.78, 5) is 35.6. The Labute approximate surface area is 152 Å². The Hall–Kier alpha value is -2.87. The molecule has 0 unspecified atom stereocenters. The van der Waals surface area contributed by atoms with Crippen LogP contribution in [0, 0.1) is 6.92 Å². The molecule has 0 aliphatic heterocycles. The Balaban J connectivity index is 1.85. The maximum atomic E-state index is 12.0. The largest absolute Gasteiger partial charge is 0.452 e. The van der Waals surface area contributed by atoms with Crippen LogP contribution in [0.15, 0.2) is 46.9 Å². The summed E-state index contributed by atoms with van der Waals surface area (Å²) in [5.74, 6) is -1.90. The summed E-state index contributed by atoms with van der Waals surface area (Å²) in [7, 11) is 0. The number of halogens is 1. The summed E-state index contributed by atoms with van der Waals surface area (Å²) >= 11 is 3.24. The van der Waals surface area contributed by atoms with Crippen molar-refractivity contribution in [3.8, 4) is 0 Å². The van der Waals surface area contributed by atoms with E-state index in [4.69, 9.17) is 10.5 Å². The lowest BCUT2D eigenvalue weighted by atomic mass is 10.1. The van der Waals surface area contributed by atoms with Crippen LogP contribution in [0.25, 0.3) is 0 Å². The molecule has 0 aliphatic rings. The van der Waals surface area contributed by atoms with Gasteiger partial charge < -0.3 is 10.5 Å². The average Bonchev–Trinajstić information content (AvgIpc) is 2.60. The van der Waals surface area contributed by atoms with Gasteiger partial charge in [0.1, 0.15) is 0 Å². The summed E-state index contributed by atoms with van der Waals surface area (Å²) in [6, 6.07) is 11.7. The van der Waals surface area contributed by atoms with Gasteiger partial charge in [-0.1, -0.05) is 24.3 Å². The van der Waals surface area contributed by atoms with Crippen LogP contribution in [0.5, 0.6) is 0 Å². The molecule has 0 bridgehead atoms. The van der Waals surface area contributed by atoms with Crippen molar-refractivity contribution < 1.29 is 19.1 Å². The van der Waals surface area contributed by atoms with E-state index in [9.17, 15) is 14.4 Å². The number of aryl methyl sites for hydroxylation is 1. The van der Waals surface area contributed by atoms with Crippen LogP contribution in [-0.2, 0) is 9.53 Å². The Bertz CT molecular complexity index is 823. The Morgan fingerprint density at radius 3 is 2.44 bits per heavy atom. The molecular weight excluding hydrogens is 390 g/mol. The zero-order valence-corrected chi connectivity index (χ0v) is 14.9. The lowest BCUT2D eigenvalue weighted by Crippen LogP contribution is -2.43. The maximum Gasteiger partial charge on any atom is 0.340 e. The zero-order chi connectivity index (χ0) is 18.4. The van der Waals surface area contributed by atoms with Crippen molar-refractivity contribution in [1.82, 2.24) is 10.9 Å². The van der Waals surface area contributed by atoms with Crippen molar-refractivity contribution in [3.63, 3.8) is 0 Å². The van der Waals surface area contributed by atoms with Gasteiger partial charge in [0.15, 0.2) is 6.61 Å². The van der Waals surface area contributed by atoms with Gasteiger partial charge in [-0.05, 0) is 46.6 Å². The molecule has 0 aliphatic carbocycles. The van der Waals surface area contributed by atoms with Crippen molar-refractivity contribution in [2.75, 3.05) is 12.3 Å². The summed E-state index contributed by atoms with van der Waals surface area (Å²) < 4.78 is 5.48. The van der Waals surface area contributed by atoms with Gasteiger partial charge in [0.2, 0.25) is 0 Å². The molecule has 2 aromatic rings. The van der Waals surface area contributed by atoms with Crippen molar-refractivity contribution in [3.05, 3.63) is 63.6 Å². The number of hydrogen-bond acceptors (Lipinski definition) is 5. The number of ether oxygens (including phenoxy) is 1. The van der Waals surface area contributed by atoms with Crippen LogP contribution in [0.1, 0.15) is 26.3 Å². The van der Waals surface area contributed by atoms with Gasteiger partial charge in [0.05, 0.1) is 11.1 Å². The standard InChI is InChI=1S/C17H16BrN3O4/c1-10-5-4-7-12(15(10)19)17(24)25-9-14(22)20-21-16(23)11-6-2-3-8-13(11)18/h2-8H,9,19H2,1H3,(H,20,22)(H,21,23). The number of benzene rings is 2. The molecule has 2 aromatic carbocycles. The molecule has 2 rings (SSSR count). The smallest absolute Gasteiger partial charge is 0.340 e. The van der Waals surface area contributed by atoms with E-state index in [0.29, 0.717) is 15.7 Å².